The highest BCUT2D eigenvalue weighted by molar-refractivity contribution is 7.87. The Hall–Kier alpha value is -3.45. The molecule has 3 rings (SSSR count). The Morgan fingerprint density at radius 2 is 1.29 bits per heavy atom. The van der Waals surface area contributed by atoms with E-state index in [2.05, 4.69) is 5.32 Å². The van der Waals surface area contributed by atoms with E-state index in [9.17, 15) is 18.0 Å². The van der Waals surface area contributed by atoms with Gasteiger partial charge in [-0.05, 0) is 48.5 Å². The molecule has 0 aromatic heterocycles. The summed E-state index contributed by atoms with van der Waals surface area (Å²) in [6.45, 7) is 0. The minimum absolute atomic E-state index is 0.0791. The van der Waals surface area contributed by atoms with Crippen LogP contribution in [0.3, 0.4) is 0 Å². The van der Waals surface area contributed by atoms with Crippen LogP contribution in [0.1, 0.15) is 26.3 Å². The van der Waals surface area contributed by atoms with Gasteiger partial charge in [-0.1, -0.05) is 30.3 Å². The SMILES string of the molecule is CNC(=O)c1ccc(S(=O)(=O)Oc2ccc(C(=O)c3ccccc3)cc2)cc1. The van der Waals surface area contributed by atoms with Gasteiger partial charge in [-0.15, -0.1) is 0 Å². The van der Waals surface area contributed by atoms with Gasteiger partial charge in [0.1, 0.15) is 10.6 Å². The molecule has 0 aliphatic heterocycles. The van der Waals surface area contributed by atoms with Crippen molar-refractivity contribution in [1.82, 2.24) is 5.32 Å². The van der Waals surface area contributed by atoms with Gasteiger partial charge in [0.15, 0.2) is 5.78 Å². The number of ketones is 1. The molecule has 0 fully saturated rings. The molecular formula is C21H17NO5S. The fourth-order valence-electron chi connectivity index (χ4n) is 2.51. The predicted octanol–water partition coefficient (Wildman–Crippen LogP) is 3.04. The van der Waals surface area contributed by atoms with Crippen LogP contribution in [0.25, 0.3) is 0 Å². The second-order valence-corrected chi connectivity index (χ2v) is 7.41. The number of carbonyl (C=O) groups is 2. The lowest BCUT2D eigenvalue weighted by Gasteiger charge is -2.08. The number of amides is 1. The van der Waals surface area contributed by atoms with Crippen LogP contribution in [-0.4, -0.2) is 27.2 Å². The van der Waals surface area contributed by atoms with E-state index in [4.69, 9.17) is 4.18 Å². The van der Waals surface area contributed by atoms with E-state index >= 15 is 0 Å². The molecule has 0 saturated carbocycles. The third-order valence-electron chi connectivity index (χ3n) is 3.99. The van der Waals surface area contributed by atoms with E-state index in [1.165, 1.54) is 55.6 Å². The summed E-state index contributed by atoms with van der Waals surface area (Å²) in [4.78, 5) is 23.8. The first-order chi connectivity index (χ1) is 13.4. The Bertz CT molecular complexity index is 1090. The second-order valence-electron chi connectivity index (χ2n) is 5.86. The van der Waals surface area contributed by atoms with Crippen molar-refractivity contribution in [2.45, 2.75) is 4.90 Å². The Morgan fingerprint density at radius 1 is 0.750 bits per heavy atom. The summed E-state index contributed by atoms with van der Waals surface area (Å²) >= 11 is 0. The fraction of sp³-hybridized carbons (Fsp3) is 0.0476. The first-order valence-electron chi connectivity index (χ1n) is 8.37. The summed E-state index contributed by atoms with van der Waals surface area (Å²) in [6, 6.07) is 20.0. The average Bonchev–Trinajstić information content (AvgIpc) is 2.73. The predicted molar refractivity (Wildman–Crippen MR) is 104 cm³/mol. The topological polar surface area (TPSA) is 89.5 Å². The summed E-state index contributed by atoms with van der Waals surface area (Å²) in [5.74, 6) is -0.400. The van der Waals surface area contributed by atoms with Crippen LogP contribution in [0.4, 0.5) is 0 Å². The summed E-state index contributed by atoms with van der Waals surface area (Å²) in [5.41, 5.74) is 1.30. The molecule has 3 aromatic rings. The van der Waals surface area contributed by atoms with Crippen molar-refractivity contribution >= 4 is 21.8 Å². The van der Waals surface area contributed by atoms with Crippen LogP contribution in [-0.2, 0) is 10.1 Å². The largest absolute Gasteiger partial charge is 0.379 e. The van der Waals surface area contributed by atoms with Gasteiger partial charge in [0.05, 0.1) is 0 Å². The lowest BCUT2D eigenvalue weighted by Crippen LogP contribution is -2.18. The molecule has 0 spiro atoms. The zero-order chi connectivity index (χ0) is 20.1. The van der Waals surface area contributed by atoms with Crippen molar-refractivity contribution in [2.75, 3.05) is 7.05 Å². The highest BCUT2D eigenvalue weighted by Gasteiger charge is 2.18. The zero-order valence-corrected chi connectivity index (χ0v) is 15.8. The molecule has 0 aliphatic rings. The first-order valence-corrected chi connectivity index (χ1v) is 9.78. The summed E-state index contributed by atoms with van der Waals surface area (Å²) < 4.78 is 29.9. The third-order valence-corrected chi connectivity index (χ3v) is 5.25. The van der Waals surface area contributed by atoms with Gasteiger partial charge in [-0.2, -0.15) is 8.42 Å². The molecule has 28 heavy (non-hydrogen) atoms. The Morgan fingerprint density at radius 3 is 1.86 bits per heavy atom. The van der Waals surface area contributed by atoms with Gasteiger partial charge in [0, 0.05) is 23.7 Å². The van der Waals surface area contributed by atoms with Crippen LogP contribution < -0.4 is 9.50 Å². The first kappa shape index (κ1) is 19.3. The summed E-state index contributed by atoms with van der Waals surface area (Å²) in [7, 11) is -2.58. The monoisotopic (exact) mass is 395 g/mol. The standard InChI is InChI=1S/C21H17NO5S/c1-22-21(24)17-9-13-19(14-10-17)28(25,26)27-18-11-7-16(8-12-18)20(23)15-5-3-2-4-6-15/h2-14H,1H3,(H,22,24). The maximum atomic E-state index is 12.4. The molecule has 0 aliphatic carbocycles. The molecule has 3 aromatic carbocycles. The highest BCUT2D eigenvalue weighted by atomic mass is 32.2. The van der Waals surface area contributed by atoms with Crippen molar-refractivity contribution < 1.29 is 22.2 Å². The van der Waals surface area contributed by atoms with E-state index in [1.807, 2.05) is 6.07 Å². The summed E-state index contributed by atoms with van der Waals surface area (Å²) in [6.07, 6.45) is 0. The fourth-order valence-corrected chi connectivity index (χ4v) is 3.44. The lowest BCUT2D eigenvalue weighted by molar-refractivity contribution is 0.0962. The Balaban J connectivity index is 1.76. The number of rotatable bonds is 6. The van der Waals surface area contributed by atoms with Gasteiger partial charge in [-0.25, -0.2) is 0 Å². The molecular weight excluding hydrogens is 378 g/mol. The molecule has 0 atom stereocenters. The minimum Gasteiger partial charge on any atom is -0.379 e. The quantitative estimate of drug-likeness (QED) is 0.512. The molecule has 0 heterocycles. The molecule has 7 heteroatoms. The van der Waals surface area contributed by atoms with Gasteiger partial charge in [-0.3, -0.25) is 9.59 Å². The van der Waals surface area contributed by atoms with Gasteiger partial charge >= 0.3 is 10.1 Å². The molecule has 6 nitrogen and oxygen atoms in total. The van der Waals surface area contributed by atoms with E-state index in [-0.39, 0.29) is 22.3 Å². The van der Waals surface area contributed by atoms with E-state index in [1.54, 1.807) is 24.3 Å². The summed E-state index contributed by atoms with van der Waals surface area (Å²) in [5, 5.41) is 2.46. The Kier molecular flexibility index (Phi) is 5.56. The molecule has 0 saturated heterocycles. The van der Waals surface area contributed by atoms with Gasteiger partial charge in [0.2, 0.25) is 0 Å². The van der Waals surface area contributed by atoms with Crippen molar-refractivity contribution in [2.24, 2.45) is 0 Å². The van der Waals surface area contributed by atoms with Crippen LogP contribution in [0.2, 0.25) is 0 Å². The van der Waals surface area contributed by atoms with Gasteiger partial charge in [0.25, 0.3) is 5.91 Å². The molecule has 142 valence electrons. The molecule has 0 unspecified atom stereocenters. The number of carbonyl (C=O) groups excluding carboxylic acids is 2. The Labute approximate surface area is 162 Å². The van der Waals surface area contributed by atoms with Crippen molar-refractivity contribution in [3.8, 4) is 5.75 Å². The molecule has 0 radical (unpaired) electrons. The second kappa shape index (κ2) is 8.06. The van der Waals surface area contributed by atoms with Crippen LogP contribution in [0.15, 0.2) is 83.8 Å². The highest BCUT2D eigenvalue weighted by Crippen LogP contribution is 2.21. The normalized spacial score (nSPS) is 10.9. The molecule has 0 bridgehead atoms. The maximum Gasteiger partial charge on any atom is 0.339 e. The zero-order valence-electron chi connectivity index (χ0n) is 15.0. The lowest BCUT2D eigenvalue weighted by atomic mass is 10.0. The van der Waals surface area contributed by atoms with Crippen molar-refractivity contribution in [3.63, 3.8) is 0 Å². The van der Waals surface area contributed by atoms with Crippen molar-refractivity contribution in [1.29, 1.82) is 0 Å². The number of nitrogens with one attached hydrogen (secondary N) is 1. The maximum absolute atomic E-state index is 12.4. The third kappa shape index (κ3) is 4.27. The van der Waals surface area contributed by atoms with E-state index in [0.29, 0.717) is 16.7 Å². The van der Waals surface area contributed by atoms with E-state index < -0.39 is 10.1 Å². The number of hydrogen-bond donors (Lipinski definition) is 1. The van der Waals surface area contributed by atoms with Gasteiger partial charge < -0.3 is 9.50 Å². The van der Waals surface area contributed by atoms with Crippen molar-refractivity contribution in [3.05, 3.63) is 95.6 Å². The molecule has 1 N–H and O–H groups in total. The molecule has 1 amide bonds. The smallest absolute Gasteiger partial charge is 0.339 e. The average molecular weight is 395 g/mol. The number of hydrogen-bond acceptors (Lipinski definition) is 5. The van der Waals surface area contributed by atoms with Crippen LogP contribution in [0.5, 0.6) is 5.75 Å². The number of benzene rings is 3. The minimum atomic E-state index is -4.06. The van der Waals surface area contributed by atoms with Crippen LogP contribution >= 0.6 is 0 Å². The van der Waals surface area contributed by atoms with Crippen LogP contribution in [0, 0.1) is 0 Å². The van der Waals surface area contributed by atoms with E-state index in [0.717, 1.165) is 0 Å².